The average Bonchev–Trinajstić information content (AvgIpc) is 2.75. The van der Waals surface area contributed by atoms with Crippen molar-refractivity contribution in [3.05, 3.63) is 21.9 Å². The Kier molecular flexibility index (Phi) is 4.96. The second kappa shape index (κ2) is 6.50. The number of hydrogen-bond donors (Lipinski definition) is 2. The maximum atomic E-state index is 10.7. The summed E-state index contributed by atoms with van der Waals surface area (Å²) in [5, 5.41) is 11.1. The molecule has 1 saturated heterocycles. The van der Waals surface area contributed by atoms with Crippen LogP contribution in [-0.4, -0.2) is 28.2 Å². The SMILES string of the molecule is CC1CCCC(C)N1NCc1ccc(CC(=O)O)s1. The van der Waals surface area contributed by atoms with Gasteiger partial charge >= 0.3 is 5.97 Å². The fourth-order valence-corrected chi connectivity index (χ4v) is 3.60. The quantitative estimate of drug-likeness (QED) is 0.872. The lowest BCUT2D eigenvalue weighted by molar-refractivity contribution is -0.136. The predicted molar refractivity (Wildman–Crippen MR) is 77.1 cm³/mol. The Hall–Kier alpha value is -0.910. The first-order valence-corrected chi connectivity index (χ1v) is 7.69. The van der Waals surface area contributed by atoms with Crippen molar-refractivity contribution in [2.24, 2.45) is 0 Å². The number of nitrogens with one attached hydrogen (secondary N) is 1. The van der Waals surface area contributed by atoms with Crippen molar-refractivity contribution in [2.75, 3.05) is 0 Å². The third-order valence-corrected chi connectivity index (χ3v) is 4.76. The van der Waals surface area contributed by atoms with Gasteiger partial charge in [0.25, 0.3) is 0 Å². The Bertz CT molecular complexity index is 423. The number of aliphatic carboxylic acids is 1. The molecule has 19 heavy (non-hydrogen) atoms. The number of piperidine rings is 1. The number of carbonyl (C=O) groups is 1. The van der Waals surface area contributed by atoms with Gasteiger partial charge < -0.3 is 5.11 Å². The molecule has 0 saturated carbocycles. The summed E-state index contributed by atoms with van der Waals surface area (Å²) in [6, 6.07) is 5.08. The van der Waals surface area contributed by atoms with Gasteiger partial charge in [0.05, 0.1) is 6.42 Å². The van der Waals surface area contributed by atoms with Crippen molar-refractivity contribution in [1.29, 1.82) is 0 Å². The number of rotatable bonds is 5. The number of nitrogens with zero attached hydrogens (tertiary/aromatic N) is 1. The summed E-state index contributed by atoms with van der Waals surface area (Å²) in [6.07, 6.45) is 3.92. The van der Waals surface area contributed by atoms with E-state index in [1.807, 2.05) is 12.1 Å². The van der Waals surface area contributed by atoms with Crippen LogP contribution in [0.25, 0.3) is 0 Å². The van der Waals surface area contributed by atoms with Crippen LogP contribution in [0.2, 0.25) is 0 Å². The predicted octanol–water partition coefficient (Wildman–Crippen LogP) is 2.64. The molecule has 2 heterocycles. The first kappa shape index (κ1) is 14.5. The van der Waals surface area contributed by atoms with Crippen molar-refractivity contribution in [3.8, 4) is 0 Å². The zero-order chi connectivity index (χ0) is 13.8. The van der Waals surface area contributed by atoms with Gasteiger partial charge in [-0.3, -0.25) is 4.79 Å². The standard InChI is InChI=1S/C14H22N2O2S/c1-10-4-3-5-11(2)16(10)15-9-13-7-6-12(19-13)8-14(17)18/h6-7,10-11,15H,3-5,8-9H2,1-2H3,(H,17,18). The number of carboxylic acids is 1. The molecule has 4 nitrogen and oxygen atoms in total. The number of hydrazine groups is 1. The normalized spacial score (nSPS) is 24.5. The van der Waals surface area contributed by atoms with Gasteiger partial charge in [-0.25, -0.2) is 10.4 Å². The zero-order valence-electron chi connectivity index (χ0n) is 11.6. The van der Waals surface area contributed by atoms with Crippen molar-refractivity contribution in [1.82, 2.24) is 10.4 Å². The van der Waals surface area contributed by atoms with Crippen LogP contribution >= 0.6 is 11.3 Å². The molecule has 0 radical (unpaired) electrons. The van der Waals surface area contributed by atoms with Crippen LogP contribution in [-0.2, 0) is 17.8 Å². The van der Waals surface area contributed by atoms with Crippen LogP contribution in [0.15, 0.2) is 12.1 Å². The van der Waals surface area contributed by atoms with Crippen molar-refractivity contribution in [3.63, 3.8) is 0 Å². The largest absolute Gasteiger partial charge is 0.481 e. The fourth-order valence-electron chi connectivity index (χ4n) is 2.66. The van der Waals surface area contributed by atoms with E-state index in [1.165, 1.54) is 24.1 Å². The van der Waals surface area contributed by atoms with E-state index in [-0.39, 0.29) is 6.42 Å². The lowest BCUT2D eigenvalue weighted by Crippen LogP contribution is -2.51. The Morgan fingerprint density at radius 1 is 1.37 bits per heavy atom. The molecule has 1 fully saturated rings. The zero-order valence-corrected chi connectivity index (χ0v) is 12.4. The maximum absolute atomic E-state index is 10.7. The van der Waals surface area contributed by atoms with Crippen molar-refractivity contribution >= 4 is 17.3 Å². The smallest absolute Gasteiger partial charge is 0.308 e. The molecule has 1 aromatic rings. The molecule has 0 spiro atoms. The van der Waals surface area contributed by atoms with Crippen molar-refractivity contribution < 1.29 is 9.90 Å². The van der Waals surface area contributed by atoms with Gasteiger partial charge in [-0.05, 0) is 38.8 Å². The molecule has 0 aromatic carbocycles. The summed E-state index contributed by atoms with van der Waals surface area (Å²) in [5.41, 5.74) is 3.50. The van der Waals surface area contributed by atoms with E-state index in [9.17, 15) is 4.79 Å². The molecular weight excluding hydrogens is 260 g/mol. The fraction of sp³-hybridized carbons (Fsp3) is 0.643. The maximum Gasteiger partial charge on any atom is 0.308 e. The molecule has 5 heteroatoms. The second-order valence-corrected chi connectivity index (χ2v) is 6.56. The molecule has 2 rings (SSSR count). The molecule has 0 amide bonds. The van der Waals surface area contributed by atoms with E-state index in [1.54, 1.807) is 11.3 Å². The van der Waals surface area contributed by atoms with Crippen molar-refractivity contribution in [2.45, 2.75) is 58.2 Å². The molecule has 0 aliphatic carbocycles. The Balaban J connectivity index is 1.87. The highest BCUT2D eigenvalue weighted by atomic mass is 32.1. The van der Waals surface area contributed by atoms with Crippen LogP contribution < -0.4 is 5.43 Å². The monoisotopic (exact) mass is 282 g/mol. The van der Waals surface area contributed by atoms with Crippen LogP contribution in [0.1, 0.15) is 42.9 Å². The molecule has 106 valence electrons. The van der Waals surface area contributed by atoms with E-state index in [2.05, 4.69) is 24.3 Å². The van der Waals surface area contributed by atoms with Gasteiger partial charge in [0.15, 0.2) is 0 Å². The molecule has 2 atom stereocenters. The van der Waals surface area contributed by atoms with Gasteiger partial charge in [0.1, 0.15) is 0 Å². The summed E-state index contributed by atoms with van der Waals surface area (Å²) in [4.78, 5) is 12.8. The first-order valence-electron chi connectivity index (χ1n) is 6.87. The summed E-state index contributed by atoms with van der Waals surface area (Å²) in [5.74, 6) is -0.764. The second-order valence-electron chi connectivity index (χ2n) is 5.31. The van der Waals surface area contributed by atoms with Crippen LogP contribution in [0.4, 0.5) is 0 Å². The summed E-state index contributed by atoms with van der Waals surface area (Å²) in [6.45, 7) is 5.30. The molecule has 0 bridgehead atoms. The summed E-state index contributed by atoms with van der Waals surface area (Å²) >= 11 is 1.58. The molecular formula is C14H22N2O2S. The summed E-state index contributed by atoms with van der Waals surface area (Å²) < 4.78 is 0. The van der Waals surface area contributed by atoms with E-state index in [0.717, 1.165) is 11.4 Å². The Labute approximate surface area is 118 Å². The first-order chi connectivity index (χ1) is 9.06. The number of carboxylic acid groups (broad SMARTS) is 1. The number of hydrogen-bond acceptors (Lipinski definition) is 4. The van der Waals surface area contributed by atoms with Crippen LogP contribution in [0.5, 0.6) is 0 Å². The van der Waals surface area contributed by atoms with Crippen LogP contribution in [0.3, 0.4) is 0 Å². The third kappa shape index (κ3) is 4.03. The molecule has 1 aliphatic heterocycles. The lowest BCUT2D eigenvalue weighted by atomic mass is 10.00. The van der Waals surface area contributed by atoms with Gasteiger partial charge in [-0.2, -0.15) is 0 Å². The summed E-state index contributed by atoms with van der Waals surface area (Å²) in [7, 11) is 0. The highest BCUT2D eigenvalue weighted by Crippen LogP contribution is 2.22. The van der Waals surface area contributed by atoms with E-state index in [0.29, 0.717) is 12.1 Å². The van der Waals surface area contributed by atoms with Gasteiger partial charge in [-0.1, -0.05) is 6.42 Å². The van der Waals surface area contributed by atoms with Gasteiger partial charge in [-0.15, -0.1) is 11.3 Å². The minimum atomic E-state index is -0.764. The molecule has 1 aliphatic rings. The molecule has 2 N–H and O–H groups in total. The lowest BCUT2D eigenvalue weighted by Gasteiger charge is -2.39. The number of thiophene rings is 1. The van der Waals surface area contributed by atoms with E-state index in [4.69, 9.17) is 5.11 Å². The average molecular weight is 282 g/mol. The van der Waals surface area contributed by atoms with E-state index < -0.39 is 5.97 Å². The highest BCUT2D eigenvalue weighted by molar-refractivity contribution is 7.12. The van der Waals surface area contributed by atoms with Gasteiger partial charge in [0.2, 0.25) is 0 Å². The third-order valence-electron chi connectivity index (χ3n) is 3.67. The highest BCUT2D eigenvalue weighted by Gasteiger charge is 2.24. The van der Waals surface area contributed by atoms with Gasteiger partial charge in [0, 0.05) is 28.4 Å². The van der Waals surface area contributed by atoms with Crippen LogP contribution in [0, 0.1) is 0 Å². The minimum absolute atomic E-state index is 0.126. The Morgan fingerprint density at radius 3 is 2.63 bits per heavy atom. The minimum Gasteiger partial charge on any atom is -0.481 e. The van der Waals surface area contributed by atoms with E-state index >= 15 is 0 Å². The Morgan fingerprint density at radius 2 is 2.00 bits per heavy atom. The topological polar surface area (TPSA) is 52.6 Å². The molecule has 1 aromatic heterocycles. The molecule has 2 unspecified atom stereocenters.